The second-order valence-corrected chi connectivity index (χ2v) is 4.92. The lowest BCUT2D eigenvalue weighted by atomic mass is 9.92. The summed E-state index contributed by atoms with van der Waals surface area (Å²) in [7, 11) is 1.88. The van der Waals surface area contributed by atoms with Crippen LogP contribution in [0.2, 0.25) is 0 Å². The summed E-state index contributed by atoms with van der Waals surface area (Å²) in [6.45, 7) is 1.50. The molecule has 0 saturated carbocycles. The minimum Gasteiger partial charge on any atom is -0.381 e. The molecule has 1 aliphatic heterocycles. The van der Waals surface area contributed by atoms with Crippen LogP contribution in [0.25, 0.3) is 0 Å². The number of halogens is 3. The first-order valence-electron chi connectivity index (χ1n) is 6.42. The van der Waals surface area contributed by atoms with Crippen molar-refractivity contribution in [3.05, 3.63) is 35.4 Å². The van der Waals surface area contributed by atoms with Crippen molar-refractivity contribution in [3.8, 4) is 0 Å². The summed E-state index contributed by atoms with van der Waals surface area (Å²) < 4.78 is 42.7. The van der Waals surface area contributed by atoms with E-state index in [4.69, 9.17) is 4.74 Å². The Hall–Kier alpha value is -1.07. The van der Waals surface area contributed by atoms with E-state index in [1.165, 1.54) is 0 Å². The minimum absolute atomic E-state index is 0.249. The Morgan fingerprint density at radius 1 is 1.32 bits per heavy atom. The highest BCUT2D eigenvalue weighted by molar-refractivity contribution is 5.25. The summed E-state index contributed by atoms with van der Waals surface area (Å²) in [5.41, 5.74) is 0.320. The largest absolute Gasteiger partial charge is 0.416 e. The summed E-state index contributed by atoms with van der Waals surface area (Å²) in [5.74, 6) is 0.437. The fourth-order valence-corrected chi connectivity index (χ4v) is 2.46. The third-order valence-corrected chi connectivity index (χ3v) is 3.64. The first-order valence-corrected chi connectivity index (χ1v) is 6.42. The van der Waals surface area contributed by atoms with Crippen LogP contribution in [0.1, 0.15) is 17.5 Å². The van der Waals surface area contributed by atoms with Crippen LogP contribution in [0.4, 0.5) is 13.2 Å². The highest BCUT2D eigenvalue weighted by atomic mass is 19.4. The lowest BCUT2D eigenvalue weighted by Crippen LogP contribution is -2.35. The fraction of sp³-hybridized carbons (Fsp3) is 0.571. The van der Waals surface area contributed by atoms with E-state index in [-0.39, 0.29) is 6.04 Å². The molecule has 0 radical (unpaired) electrons. The molecule has 2 rings (SSSR count). The van der Waals surface area contributed by atoms with Crippen LogP contribution in [-0.2, 0) is 17.3 Å². The van der Waals surface area contributed by atoms with Gasteiger partial charge in [0.15, 0.2) is 0 Å². The van der Waals surface area contributed by atoms with Crippen molar-refractivity contribution < 1.29 is 17.9 Å². The predicted molar refractivity (Wildman–Crippen MR) is 66.9 cm³/mol. The monoisotopic (exact) mass is 273 g/mol. The lowest BCUT2D eigenvalue weighted by molar-refractivity contribution is -0.137. The van der Waals surface area contributed by atoms with Crippen molar-refractivity contribution in [1.29, 1.82) is 0 Å². The van der Waals surface area contributed by atoms with Gasteiger partial charge in [-0.2, -0.15) is 13.2 Å². The third kappa shape index (κ3) is 3.70. The van der Waals surface area contributed by atoms with E-state index >= 15 is 0 Å². The zero-order valence-corrected chi connectivity index (χ0v) is 10.8. The number of likely N-dealkylation sites (N-methyl/N-ethyl adjacent to an activating group) is 1. The van der Waals surface area contributed by atoms with Gasteiger partial charge in [0.1, 0.15) is 0 Å². The molecule has 1 heterocycles. The molecule has 1 N–H and O–H groups in total. The molecule has 1 aromatic rings. The Bertz CT molecular complexity index is 396. The summed E-state index contributed by atoms with van der Waals surface area (Å²) in [4.78, 5) is 0. The second-order valence-electron chi connectivity index (χ2n) is 4.92. The first-order chi connectivity index (χ1) is 9.00. The molecule has 0 bridgehead atoms. The van der Waals surface area contributed by atoms with Crippen LogP contribution < -0.4 is 5.32 Å². The smallest absolute Gasteiger partial charge is 0.381 e. The normalized spacial score (nSPS) is 21.6. The van der Waals surface area contributed by atoms with Crippen molar-refractivity contribution in [2.75, 3.05) is 20.3 Å². The number of alkyl halides is 3. The van der Waals surface area contributed by atoms with Gasteiger partial charge in [-0.1, -0.05) is 12.1 Å². The van der Waals surface area contributed by atoms with Gasteiger partial charge in [-0.25, -0.2) is 0 Å². The fourth-order valence-electron chi connectivity index (χ4n) is 2.46. The van der Waals surface area contributed by atoms with Crippen LogP contribution in [0.3, 0.4) is 0 Å². The van der Waals surface area contributed by atoms with Gasteiger partial charge in [0.05, 0.1) is 12.2 Å². The van der Waals surface area contributed by atoms with Crippen LogP contribution in [0, 0.1) is 5.92 Å². The summed E-state index contributed by atoms with van der Waals surface area (Å²) >= 11 is 0. The molecule has 2 nitrogen and oxygen atoms in total. The quantitative estimate of drug-likeness (QED) is 0.910. The number of ether oxygens (including phenoxy) is 1. The SMILES string of the molecule is CNC(Cc1ccc(C(F)(F)F)cc1)C1CCOC1. The van der Waals surface area contributed by atoms with Gasteiger partial charge in [-0.15, -0.1) is 0 Å². The van der Waals surface area contributed by atoms with Crippen molar-refractivity contribution in [2.24, 2.45) is 5.92 Å². The second kappa shape index (κ2) is 5.92. The predicted octanol–water partition coefficient (Wildman–Crippen LogP) is 2.87. The average molecular weight is 273 g/mol. The third-order valence-electron chi connectivity index (χ3n) is 3.64. The summed E-state index contributed by atoms with van der Waals surface area (Å²) in [6, 6.07) is 5.66. The number of benzene rings is 1. The van der Waals surface area contributed by atoms with Crippen molar-refractivity contribution in [1.82, 2.24) is 5.32 Å². The zero-order chi connectivity index (χ0) is 13.9. The molecule has 19 heavy (non-hydrogen) atoms. The van der Waals surface area contributed by atoms with Crippen molar-refractivity contribution in [3.63, 3.8) is 0 Å². The van der Waals surface area contributed by atoms with E-state index < -0.39 is 11.7 Å². The maximum absolute atomic E-state index is 12.5. The van der Waals surface area contributed by atoms with Crippen molar-refractivity contribution in [2.45, 2.75) is 25.1 Å². The summed E-state index contributed by atoms with van der Waals surface area (Å²) in [6.07, 6.45) is -2.53. The maximum atomic E-state index is 12.5. The molecular formula is C14H18F3NO. The van der Waals surface area contributed by atoms with Gasteiger partial charge >= 0.3 is 6.18 Å². The van der Waals surface area contributed by atoms with Gasteiger partial charge in [-0.05, 0) is 37.6 Å². The van der Waals surface area contributed by atoms with Crippen molar-refractivity contribution >= 4 is 0 Å². The molecule has 1 aromatic carbocycles. The number of hydrogen-bond donors (Lipinski definition) is 1. The molecule has 1 saturated heterocycles. The Labute approximate surface area is 111 Å². The number of hydrogen-bond acceptors (Lipinski definition) is 2. The van der Waals surface area contributed by atoms with Crippen LogP contribution in [0.15, 0.2) is 24.3 Å². The first kappa shape index (κ1) is 14.3. The van der Waals surface area contributed by atoms with E-state index in [1.807, 2.05) is 7.05 Å². The van der Waals surface area contributed by atoms with Gasteiger partial charge in [0, 0.05) is 18.6 Å². The summed E-state index contributed by atoms with van der Waals surface area (Å²) in [5, 5.41) is 3.24. The molecule has 2 unspecified atom stereocenters. The van der Waals surface area contributed by atoms with Crippen LogP contribution in [-0.4, -0.2) is 26.3 Å². The highest BCUT2D eigenvalue weighted by Gasteiger charge is 2.30. The molecule has 0 aromatic heterocycles. The van der Waals surface area contributed by atoms with E-state index in [0.29, 0.717) is 5.92 Å². The molecule has 1 fully saturated rings. The lowest BCUT2D eigenvalue weighted by Gasteiger charge is -2.22. The zero-order valence-electron chi connectivity index (χ0n) is 10.8. The van der Waals surface area contributed by atoms with E-state index in [1.54, 1.807) is 12.1 Å². The molecule has 0 amide bonds. The molecule has 1 aliphatic rings. The Balaban J connectivity index is 2.01. The van der Waals surface area contributed by atoms with Gasteiger partial charge in [0.2, 0.25) is 0 Å². The standard InChI is InChI=1S/C14H18F3NO/c1-18-13(11-6-7-19-9-11)8-10-2-4-12(5-3-10)14(15,16)17/h2-5,11,13,18H,6-9H2,1H3. The van der Waals surface area contributed by atoms with E-state index in [2.05, 4.69) is 5.32 Å². The van der Waals surface area contributed by atoms with Gasteiger partial charge in [0.25, 0.3) is 0 Å². The van der Waals surface area contributed by atoms with Gasteiger partial charge < -0.3 is 10.1 Å². The average Bonchev–Trinajstić information content (AvgIpc) is 2.89. The maximum Gasteiger partial charge on any atom is 0.416 e. The van der Waals surface area contributed by atoms with Crippen LogP contribution in [0.5, 0.6) is 0 Å². The molecule has 2 atom stereocenters. The Kier molecular flexibility index (Phi) is 4.47. The Morgan fingerprint density at radius 3 is 2.47 bits per heavy atom. The van der Waals surface area contributed by atoms with E-state index in [0.717, 1.165) is 43.8 Å². The highest BCUT2D eigenvalue weighted by Crippen LogP contribution is 2.29. The molecule has 0 spiro atoms. The molecule has 5 heteroatoms. The van der Waals surface area contributed by atoms with Crippen LogP contribution >= 0.6 is 0 Å². The number of rotatable bonds is 4. The molecule has 0 aliphatic carbocycles. The van der Waals surface area contributed by atoms with Gasteiger partial charge in [-0.3, -0.25) is 0 Å². The Morgan fingerprint density at radius 2 is 2.00 bits per heavy atom. The number of nitrogens with one attached hydrogen (secondary N) is 1. The topological polar surface area (TPSA) is 21.3 Å². The van der Waals surface area contributed by atoms with E-state index in [9.17, 15) is 13.2 Å². The molecule has 106 valence electrons. The molecular weight excluding hydrogens is 255 g/mol. The minimum atomic E-state index is -4.26.